The molecule has 1 aliphatic carbocycles. The molecule has 0 heterocycles. The van der Waals surface area contributed by atoms with Gasteiger partial charge >= 0.3 is 5.97 Å². The fourth-order valence-electron chi connectivity index (χ4n) is 3.64. The zero-order chi connectivity index (χ0) is 17.1. The fourth-order valence-corrected chi connectivity index (χ4v) is 3.64. The number of rotatable bonds is 12. The van der Waals surface area contributed by atoms with Crippen molar-refractivity contribution in [3.63, 3.8) is 0 Å². The lowest BCUT2D eigenvalue weighted by Gasteiger charge is -2.20. The Morgan fingerprint density at radius 3 is 2.70 bits per heavy atom. The van der Waals surface area contributed by atoms with Gasteiger partial charge in [0.25, 0.3) is 0 Å². The zero-order valence-corrected chi connectivity index (χ0v) is 14.9. The molecule has 23 heavy (non-hydrogen) atoms. The highest BCUT2D eigenvalue weighted by Gasteiger charge is 2.33. The Hall–Kier alpha value is -0.900. The molecule has 0 aromatic rings. The van der Waals surface area contributed by atoms with Crippen LogP contribution in [0.15, 0.2) is 0 Å². The number of unbranched alkanes of at least 4 members (excludes halogenated alkanes) is 3. The third-order valence-corrected chi connectivity index (χ3v) is 5.13. The van der Waals surface area contributed by atoms with Crippen LogP contribution in [0.4, 0.5) is 0 Å². The van der Waals surface area contributed by atoms with Crippen molar-refractivity contribution in [2.24, 2.45) is 11.8 Å². The van der Waals surface area contributed by atoms with Gasteiger partial charge in [-0.1, -0.05) is 32.6 Å². The van der Waals surface area contributed by atoms with Crippen LogP contribution in [0.3, 0.4) is 0 Å². The minimum Gasteiger partial charge on any atom is -0.469 e. The predicted molar refractivity (Wildman–Crippen MR) is 91.1 cm³/mol. The van der Waals surface area contributed by atoms with Gasteiger partial charge in [-0.3, -0.25) is 9.59 Å². The maximum Gasteiger partial charge on any atom is 0.305 e. The molecule has 1 saturated carbocycles. The van der Waals surface area contributed by atoms with Gasteiger partial charge in [0.15, 0.2) is 0 Å². The van der Waals surface area contributed by atoms with E-state index in [1.807, 2.05) is 0 Å². The highest BCUT2D eigenvalue weighted by molar-refractivity contribution is 5.83. The SMILES string of the molecule is CCCCCC(O)CC[C@H]1CCC(=O)[C@H]1CCCCC(=O)OC. The largest absolute Gasteiger partial charge is 0.469 e. The molecule has 1 N–H and O–H groups in total. The standard InChI is InChI=1S/C19H34O4/c1-3-4-5-8-16(20)13-11-15-12-14-18(21)17(15)9-6-7-10-19(22)23-2/h15-17,20H,3-14H2,1-2H3/t15-,16?,17-/m0/s1. The maximum absolute atomic E-state index is 12.1. The number of esters is 1. The summed E-state index contributed by atoms with van der Waals surface area (Å²) in [4.78, 5) is 23.2. The number of aliphatic hydroxyl groups excluding tert-OH is 1. The van der Waals surface area contributed by atoms with Crippen molar-refractivity contribution < 1.29 is 19.4 Å². The molecule has 0 aromatic carbocycles. The Morgan fingerprint density at radius 1 is 1.22 bits per heavy atom. The van der Waals surface area contributed by atoms with Gasteiger partial charge < -0.3 is 9.84 Å². The summed E-state index contributed by atoms with van der Waals surface area (Å²) in [6.07, 6.45) is 10.6. The van der Waals surface area contributed by atoms with Gasteiger partial charge in [-0.25, -0.2) is 0 Å². The molecule has 0 aliphatic heterocycles. The van der Waals surface area contributed by atoms with Crippen LogP contribution in [-0.2, 0) is 14.3 Å². The highest BCUT2D eigenvalue weighted by Crippen LogP contribution is 2.36. The van der Waals surface area contributed by atoms with E-state index in [9.17, 15) is 14.7 Å². The van der Waals surface area contributed by atoms with E-state index in [4.69, 9.17) is 0 Å². The number of hydrogen-bond donors (Lipinski definition) is 1. The van der Waals surface area contributed by atoms with Crippen LogP contribution < -0.4 is 0 Å². The lowest BCUT2D eigenvalue weighted by Crippen LogP contribution is -2.17. The summed E-state index contributed by atoms with van der Waals surface area (Å²) < 4.78 is 4.64. The molecule has 1 unspecified atom stereocenters. The summed E-state index contributed by atoms with van der Waals surface area (Å²) in [7, 11) is 1.41. The molecule has 0 amide bonds. The van der Waals surface area contributed by atoms with E-state index >= 15 is 0 Å². The molecule has 0 spiro atoms. The molecule has 4 nitrogen and oxygen atoms in total. The first-order valence-electron chi connectivity index (χ1n) is 9.36. The van der Waals surface area contributed by atoms with E-state index in [0.29, 0.717) is 24.5 Å². The molecule has 4 heteroatoms. The van der Waals surface area contributed by atoms with Crippen molar-refractivity contribution in [2.45, 2.75) is 90.1 Å². The quantitative estimate of drug-likeness (QED) is 0.434. The van der Waals surface area contributed by atoms with Crippen molar-refractivity contribution in [1.29, 1.82) is 0 Å². The Balaban J connectivity index is 2.25. The molecule has 0 bridgehead atoms. The predicted octanol–water partition coefficient (Wildman–Crippen LogP) is 4.04. The minimum absolute atomic E-state index is 0.149. The molecule has 1 fully saturated rings. The number of carbonyl (C=O) groups is 2. The van der Waals surface area contributed by atoms with Crippen molar-refractivity contribution in [3.05, 3.63) is 0 Å². The number of ether oxygens (including phenoxy) is 1. The van der Waals surface area contributed by atoms with E-state index in [2.05, 4.69) is 11.7 Å². The normalized spacial score (nSPS) is 22.3. The van der Waals surface area contributed by atoms with Crippen LogP contribution in [0.1, 0.15) is 84.0 Å². The average molecular weight is 326 g/mol. The van der Waals surface area contributed by atoms with Gasteiger partial charge in [0.1, 0.15) is 5.78 Å². The van der Waals surface area contributed by atoms with Crippen LogP contribution in [0.5, 0.6) is 0 Å². The van der Waals surface area contributed by atoms with Crippen LogP contribution in [-0.4, -0.2) is 30.1 Å². The van der Waals surface area contributed by atoms with Gasteiger partial charge in [0, 0.05) is 18.8 Å². The highest BCUT2D eigenvalue weighted by atomic mass is 16.5. The lowest BCUT2D eigenvalue weighted by atomic mass is 9.86. The third kappa shape index (κ3) is 7.96. The van der Waals surface area contributed by atoms with Gasteiger partial charge in [-0.15, -0.1) is 0 Å². The second kappa shape index (κ2) is 11.6. The lowest BCUT2D eigenvalue weighted by molar-refractivity contribution is -0.140. The number of hydrogen-bond acceptors (Lipinski definition) is 4. The number of Topliss-reactive ketones (excluding diaryl/α,β-unsaturated/α-hetero) is 1. The summed E-state index contributed by atoms with van der Waals surface area (Å²) in [5.41, 5.74) is 0. The zero-order valence-electron chi connectivity index (χ0n) is 14.9. The van der Waals surface area contributed by atoms with E-state index < -0.39 is 0 Å². The second-order valence-electron chi connectivity index (χ2n) is 6.92. The first kappa shape index (κ1) is 20.1. The molecular formula is C19H34O4. The molecule has 1 aliphatic rings. The Kier molecular flexibility index (Phi) is 10.2. The summed E-state index contributed by atoms with van der Waals surface area (Å²) in [5.74, 6) is 0.792. The van der Waals surface area contributed by atoms with Crippen molar-refractivity contribution in [3.8, 4) is 0 Å². The molecule has 0 radical (unpaired) electrons. The Morgan fingerprint density at radius 2 is 2.00 bits per heavy atom. The number of aliphatic hydroxyl groups is 1. The number of methoxy groups -OCH3 is 1. The molecule has 134 valence electrons. The Labute approximate surface area is 141 Å². The monoisotopic (exact) mass is 326 g/mol. The molecule has 1 rings (SSSR count). The van der Waals surface area contributed by atoms with Crippen molar-refractivity contribution in [1.82, 2.24) is 0 Å². The molecule has 0 aromatic heterocycles. The van der Waals surface area contributed by atoms with E-state index in [0.717, 1.165) is 51.4 Å². The summed E-state index contributed by atoms with van der Waals surface area (Å²) in [6.45, 7) is 2.17. The van der Waals surface area contributed by atoms with Gasteiger partial charge in [0.2, 0.25) is 0 Å². The van der Waals surface area contributed by atoms with Gasteiger partial charge in [0.05, 0.1) is 13.2 Å². The smallest absolute Gasteiger partial charge is 0.305 e. The average Bonchev–Trinajstić information content (AvgIpc) is 2.89. The number of ketones is 1. The summed E-state index contributed by atoms with van der Waals surface area (Å²) in [5, 5.41) is 10.1. The second-order valence-corrected chi connectivity index (χ2v) is 6.92. The maximum atomic E-state index is 12.1. The van der Waals surface area contributed by atoms with E-state index in [1.165, 1.54) is 20.0 Å². The Bertz CT molecular complexity index is 353. The van der Waals surface area contributed by atoms with Crippen LogP contribution >= 0.6 is 0 Å². The van der Waals surface area contributed by atoms with Crippen molar-refractivity contribution >= 4 is 11.8 Å². The summed E-state index contributed by atoms with van der Waals surface area (Å²) >= 11 is 0. The van der Waals surface area contributed by atoms with E-state index in [1.54, 1.807) is 0 Å². The summed E-state index contributed by atoms with van der Waals surface area (Å²) in [6, 6.07) is 0. The van der Waals surface area contributed by atoms with Gasteiger partial charge in [-0.2, -0.15) is 0 Å². The van der Waals surface area contributed by atoms with Crippen LogP contribution in [0, 0.1) is 11.8 Å². The third-order valence-electron chi connectivity index (χ3n) is 5.13. The topological polar surface area (TPSA) is 63.6 Å². The molecular weight excluding hydrogens is 292 g/mol. The van der Waals surface area contributed by atoms with E-state index in [-0.39, 0.29) is 18.0 Å². The minimum atomic E-state index is -0.211. The molecule has 0 saturated heterocycles. The first-order chi connectivity index (χ1) is 11.1. The fraction of sp³-hybridized carbons (Fsp3) is 0.895. The molecule has 3 atom stereocenters. The first-order valence-corrected chi connectivity index (χ1v) is 9.36. The van der Waals surface area contributed by atoms with Crippen LogP contribution in [0.25, 0.3) is 0 Å². The van der Waals surface area contributed by atoms with Gasteiger partial charge in [-0.05, 0) is 44.4 Å². The van der Waals surface area contributed by atoms with Crippen molar-refractivity contribution in [2.75, 3.05) is 7.11 Å². The number of carbonyl (C=O) groups excluding carboxylic acids is 2. The van der Waals surface area contributed by atoms with Crippen LogP contribution in [0.2, 0.25) is 0 Å².